The normalized spacial score (nSPS) is 26.9. The van der Waals surface area contributed by atoms with Crippen molar-refractivity contribution in [2.45, 2.75) is 45.1 Å². The van der Waals surface area contributed by atoms with Gasteiger partial charge < -0.3 is 9.80 Å². The molecule has 2 amide bonds. The van der Waals surface area contributed by atoms with Crippen molar-refractivity contribution in [1.29, 1.82) is 0 Å². The molecule has 0 bridgehead atoms. The van der Waals surface area contributed by atoms with E-state index in [1.807, 2.05) is 28.0 Å². The fraction of sp³-hybridized carbons (Fsp3) is 0.619. The van der Waals surface area contributed by atoms with Gasteiger partial charge in [-0.05, 0) is 50.4 Å². The van der Waals surface area contributed by atoms with E-state index in [9.17, 15) is 9.59 Å². The Morgan fingerprint density at radius 2 is 1.88 bits per heavy atom. The lowest BCUT2D eigenvalue weighted by Gasteiger charge is -2.25. The second-order valence-electron chi connectivity index (χ2n) is 7.86. The monoisotopic (exact) mass is 355 g/mol. The Bertz CT molecular complexity index is 684. The van der Waals surface area contributed by atoms with Gasteiger partial charge >= 0.3 is 0 Å². The fourth-order valence-corrected chi connectivity index (χ4v) is 4.78. The number of carbonyl (C=O) groups excluding carboxylic acids is 2. The maximum atomic E-state index is 13.0. The molecule has 3 saturated heterocycles. The second-order valence-corrected chi connectivity index (χ2v) is 7.86. The van der Waals surface area contributed by atoms with E-state index in [4.69, 9.17) is 0 Å². The minimum atomic E-state index is -0.190. The molecule has 3 aliphatic rings. The molecule has 2 unspecified atom stereocenters. The van der Waals surface area contributed by atoms with Crippen LogP contribution in [0.2, 0.25) is 0 Å². The zero-order chi connectivity index (χ0) is 18.1. The number of anilines is 1. The number of amides is 2. The lowest BCUT2D eigenvalue weighted by molar-refractivity contribution is -0.134. The van der Waals surface area contributed by atoms with Gasteiger partial charge in [0.25, 0.3) is 0 Å². The van der Waals surface area contributed by atoms with Gasteiger partial charge in [0.2, 0.25) is 11.8 Å². The average molecular weight is 355 g/mol. The third-order valence-electron chi connectivity index (χ3n) is 6.27. The molecule has 0 aliphatic carbocycles. The molecular formula is C21H29N3O2. The van der Waals surface area contributed by atoms with Gasteiger partial charge in [-0.2, -0.15) is 0 Å². The SMILES string of the molecule is CCc1ccccc1N1CC(C(=O)N2CCC(N3CCCC3)C2)CC1=O. The van der Waals surface area contributed by atoms with Crippen molar-refractivity contribution in [3.63, 3.8) is 0 Å². The number of benzene rings is 1. The smallest absolute Gasteiger partial charge is 0.228 e. The van der Waals surface area contributed by atoms with Gasteiger partial charge in [0.15, 0.2) is 0 Å². The number of likely N-dealkylation sites (tertiary alicyclic amines) is 2. The van der Waals surface area contributed by atoms with Crippen molar-refractivity contribution in [3.8, 4) is 0 Å². The minimum Gasteiger partial charge on any atom is -0.341 e. The topological polar surface area (TPSA) is 43.9 Å². The lowest BCUT2D eigenvalue weighted by Crippen LogP contribution is -2.40. The Kier molecular flexibility index (Phi) is 4.98. The zero-order valence-corrected chi connectivity index (χ0v) is 15.7. The summed E-state index contributed by atoms with van der Waals surface area (Å²) in [5.74, 6) is 0.0702. The van der Waals surface area contributed by atoms with Gasteiger partial charge in [-0.1, -0.05) is 25.1 Å². The quantitative estimate of drug-likeness (QED) is 0.832. The minimum absolute atomic E-state index is 0.0829. The molecule has 26 heavy (non-hydrogen) atoms. The maximum absolute atomic E-state index is 13.0. The van der Waals surface area contributed by atoms with E-state index in [1.54, 1.807) is 0 Å². The first-order valence-corrected chi connectivity index (χ1v) is 10.1. The van der Waals surface area contributed by atoms with Crippen LogP contribution in [0.1, 0.15) is 38.2 Å². The maximum Gasteiger partial charge on any atom is 0.228 e. The van der Waals surface area contributed by atoms with E-state index in [0.29, 0.717) is 19.0 Å². The number of carbonyl (C=O) groups is 2. The van der Waals surface area contributed by atoms with Crippen LogP contribution in [0, 0.1) is 5.92 Å². The van der Waals surface area contributed by atoms with E-state index in [0.717, 1.165) is 31.6 Å². The molecule has 1 aromatic rings. The summed E-state index contributed by atoms with van der Waals surface area (Å²) < 4.78 is 0. The molecule has 3 fully saturated rings. The molecule has 0 spiro atoms. The number of nitrogens with zero attached hydrogens (tertiary/aromatic N) is 3. The number of para-hydroxylation sites is 1. The first kappa shape index (κ1) is 17.5. The van der Waals surface area contributed by atoms with Crippen molar-refractivity contribution in [2.75, 3.05) is 37.6 Å². The summed E-state index contributed by atoms with van der Waals surface area (Å²) in [5.41, 5.74) is 2.15. The van der Waals surface area contributed by atoms with Gasteiger partial charge in [0, 0.05) is 37.8 Å². The standard InChI is InChI=1S/C21H29N3O2/c1-2-16-7-3-4-8-19(16)24-14-17(13-20(24)25)21(26)23-12-9-18(15-23)22-10-5-6-11-22/h3-4,7-8,17-18H,2,5-6,9-15H2,1H3. The molecule has 5 nitrogen and oxygen atoms in total. The average Bonchev–Trinajstić information content (AvgIpc) is 3.41. The largest absolute Gasteiger partial charge is 0.341 e. The first-order valence-electron chi connectivity index (χ1n) is 10.1. The van der Waals surface area contributed by atoms with Crippen LogP contribution in [0.4, 0.5) is 5.69 Å². The molecule has 3 heterocycles. The summed E-state index contributed by atoms with van der Waals surface area (Å²) in [6.07, 6.45) is 4.89. The number of aryl methyl sites for hydroxylation is 1. The molecule has 4 rings (SSSR count). The first-order chi connectivity index (χ1) is 12.7. The Labute approximate surface area is 155 Å². The van der Waals surface area contributed by atoms with Gasteiger partial charge in [-0.15, -0.1) is 0 Å². The summed E-state index contributed by atoms with van der Waals surface area (Å²) in [4.78, 5) is 32.0. The predicted molar refractivity (Wildman–Crippen MR) is 102 cm³/mol. The van der Waals surface area contributed by atoms with Crippen LogP contribution in [0.25, 0.3) is 0 Å². The molecule has 0 N–H and O–H groups in total. The Morgan fingerprint density at radius 1 is 1.12 bits per heavy atom. The molecule has 3 aliphatic heterocycles. The molecule has 5 heteroatoms. The van der Waals surface area contributed by atoms with Crippen LogP contribution in [0.15, 0.2) is 24.3 Å². The van der Waals surface area contributed by atoms with E-state index >= 15 is 0 Å². The number of hydrogen-bond donors (Lipinski definition) is 0. The van der Waals surface area contributed by atoms with Crippen LogP contribution in [0.3, 0.4) is 0 Å². The number of rotatable bonds is 4. The van der Waals surface area contributed by atoms with Gasteiger partial charge in [-0.25, -0.2) is 0 Å². The third-order valence-corrected chi connectivity index (χ3v) is 6.27. The summed E-state index contributed by atoms with van der Waals surface area (Å²) in [6, 6.07) is 8.57. The van der Waals surface area contributed by atoms with Crippen molar-refractivity contribution in [2.24, 2.45) is 5.92 Å². The zero-order valence-electron chi connectivity index (χ0n) is 15.7. The highest BCUT2D eigenvalue weighted by Crippen LogP contribution is 2.30. The van der Waals surface area contributed by atoms with E-state index in [1.165, 1.54) is 31.5 Å². The Hall–Kier alpha value is -1.88. The van der Waals surface area contributed by atoms with Crippen LogP contribution in [0.5, 0.6) is 0 Å². The molecule has 1 aromatic carbocycles. The fourth-order valence-electron chi connectivity index (χ4n) is 4.78. The summed E-state index contributed by atoms with van der Waals surface area (Å²) in [5, 5.41) is 0. The highest BCUT2D eigenvalue weighted by Gasteiger charge is 2.40. The van der Waals surface area contributed by atoms with Gasteiger partial charge in [0.1, 0.15) is 0 Å². The molecule has 140 valence electrons. The van der Waals surface area contributed by atoms with Crippen molar-refractivity contribution >= 4 is 17.5 Å². The molecule has 2 atom stereocenters. The van der Waals surface area contributed by atoms with Crippen molar-refractivity contribution in [3.05, 3.63) is 29.8 Å². The van der Waals surface area contributed by atoms with Crippen molar-refractivity contribution < 1.29 is 9.59 Å². The van der Waals surface area contributed by atoms with E-state index < -0.39 is 0 Å². The van der Waals surface area contributed by atoms with Crippen LogP contribution in [-0.4, -0.2) is 60.4 Å². The predicted octanol–water partition coefficient (Wildman–Crippen LogP) is 2.30. The Balaban J connectivity index is 1.41. The van der Waals surface area contributed by atoms with Crippen LogP contribution >= 0.6 is 0 Å². The Morgan fingerprint density at radius 3 is 2.65 bits per heavy atom. The van der Waals surface area contributed by atoms with Crippen LogP contribution < -0.4 is 4.90 Å². The molecule has 0 saturated carbocycles. The van der Waals surface area contributed by atoms with Crippen molar-refractivity contribution in [1.82, 2.24) is 9.80 Å². The van der Waals surface area contributed by atoms with Crippen LogP contribution in [-0.2, 0) is 16.0 Å². The summed E-state index contributed by atoms with van der Waals surface area (Å²) >= 11 is 0. The van der Waals surface area contributed by atoms with E-state index in [2.05, 4.69) is 17.9 Å². The van der Waals surface area contributed by atoms with Gasteiger partial charge in [-0.3, -0.25) is 14.5 Å². The van der Waals surface area contributed by atoms with E-state index in [-0.39, 0.29) is 17.7 Å². The molecule has 0 aromatic heterocycles. The molecular weight excluding hydrogens is 326 g/mol. The lowest BCUT2D eigenvalue weighted by atomic mass is 10.1. The third kappa shape index (κ3) is 3.25. The summed E-state index contributed by atoms with van der Waals surface area (Å²) in [7, 11) is 0. The highest BCUT2D eigenvalue weighted by molar-refractivity contribution is 6.00. The second kappa shape index (κ2) is 7.39. The number of hydrogen-bond acceptors (Lipinski definition) is 3. The highest BCUT2D eigenvalue weighted by atomic mass is 16.2. The summed E-state index contributed by atoms with van der Waals surface area (Å²) in [6.45, 7) is 6.67. The van der Waals surface area contributed by atoms with Gasteiger partial charge in [0.05, 0.1) is 5.92 Å². The molecule has 0 radical (unpaired) electrons.